The van der Waals surface area contributed by atoms with Crippen molar-refractivity contribution in [2.24, 2.45) is 5.92 Å². The summed E-state index contributed by atoms with van der Waals surface area (Å²) in [6.45, 7) is 3.27. The molecule has 7 nitrogen and oxygen atoms in total. The molecular formula is C19H21N5O2S. The second kappa shape index (κ2) is 6.60. The number of ether oxygens (including phenoxy) is 1. The molecule has 4 heterocycles. The van der Waals surface area contributed by atoms with Gasteiger partial charge in [-0.3, -0.25) is 4.79 Å². The summed E-state index contributed by atoms with van der Waals surface area (Å²) < 4.78 is 12.7. The standard InChI is InChI=1S/C19H21N5O2S/c1-11-6-16(27-23-11)14-8-15-18(24(10-21-15)13-2-3-13)19(22-14)26-5-4-12-7-17(25)20-9-12/h6,8,10,12-13H,2-5,7,9H2,1H3,(H,20,25)/t12-/m1/s1. The van der Waals surface area contributed by atoms with Gasteiger partial charge in [0.1, 0.15) is 5.52 Å². The summed E-state index contributed by atoms with van der Waals surface area (Å²) in [7, 11) is 0. The molecule has 0 unspecified atom stereocenters. The molecule has 1 atom stereocenters. The first-order chi connectivity index (χ1) is 13.2. The van der Waals surface area contributed by atoms with Crippen molar-refractivity contribution < 1.29 is 9.53 Å². The highest BCUT2D eigenvalue weighted by atomic mass is 32.1. The van der Waals surface area contributed by atoms with E-state index in [1.165, 1.54) is 24.4 Å². The van der Waals surface area contributed by atoms with E-state index in [2.05, 4.69) is 19.2 Å². The van der Waals surface area contributed by atoms with Gasteiger partial charge in [0.05, 0.1) is 34.7 Å². The molecule has 1 saturated heterocycles. The third-order valence-corrected chi connectivity index (χ3v) is 6.07. The number of rotatable bonds is 6. The molecule has 1 N–H and O–H groups in total. The minimum absolute atomic E-state index is 0.134. The molecule has 1 saturated carbocycles. The molecule has 3 aromatic rings. The van der Waals surface area contributed by atoms with Gasteiger partial charge in [0.15, 0.2) is 0 Å². The fraction of sp³-hybridized carbons (Fsp3) is 0.474. The van der Waals surface area contributed by atoms with E-state index in [1.54, 1.807) is 0 Å². The summed E-state index contributed by atoms with van der Waals surface area (Å²) in [5, 5.41) is 2.88. The number of carbonyl (C=O) groups is 1. The van der Waals surface area contributed by atoms with Crippen LogP contribution in [0.5, 0.6) is 5.88 Å². The Balaban J connectivity index is 1.45. The third kappa shape index (κ3) is 3.29. The topological polar surface area (TPSA) is 81.9 Å². The highest BCUT2D eigenvalue weighted by Gasteiger charge is 2.28. The number of hydrogen-bond acceptors (Lipinski definition) is 6. The Hall–Kier alpha value is -2.48. The van der Waals surface area contributed by atoms with E-state index in [1.807, 2.05) is 25.4 Å². The SMILES string of the molecule is Cc1cc(-c2cc3ncn(C4CC4)c3c(OCC[C@H]3CNC(=O)C3)n2)sn1. The van der Waals surface area contributed by atoms with Crippen molar-refractivity contribution in [2.45, 2.75) is 38.6 Å². The van der Waals surface area contributed by atoms with Crippen LogP contribution in [-0.2, 0) is 4.79 Å². The lowest BCUT2D eigenvalue weighted by Crippen LogP contribution is -2.14. The van der Waals surface area contributed by atoms with Crippen LogP contribution in [0.2, 0.25) is 0 Å². The maximum absolute atomic E-state index is 11.4. The van der Waals surface area contributed by atoms with Gasteiger partial charge >= 0.3 is 0 Å². The zero-order chi connectivity index (χ0) is 18.4. The minimum atomic E-state index is 0.134. The summed E-state index contributed by atoms with van der Waals surface area (Å²) in [6, 6.07) is 4.57. The molecule has 0 bridgehead atoms. The van der Waals surface area contributed by atoms with Crippen LogP contribution in [0, 0.1) is 12.8 Å². The van der Waals surface area contributed by atoms with E-state index in [9.17, 15) is 4.79 Å². The number of aryl methyl sites for hydroxylation is 1. The molecule has 27 heavy (non-hydrogen) atoms. The number of nitrogens with one attached hydrogen (secondary N) is 1. The van der Waals surface area contributed by atoms with Crippen LogP contribution in [0.3, 0.4) is 0 Å². The summed E-state index contributed by atoms with van der Waals surface area (Å²) >= 11 is 1.44. The molecule has 0 aromatic carbocycles. The van der Waals surface area contributed by atoms with E-state index in [-0.39, 0.29) is 5.91 Å². The molecule has 2 fully saturated rings. The van der Waals surface area contributed by atoms with Gasteiger partial charge in [-0.2, -0.15) is 4.37 Å². The molecule has 8 heteroatoms. The third-order valence-electron chi connectivity index (χ3n) is 5.17. The molecule has 1 aliphatic heterocycles. The number of pyridine rings is 1. The van der Waals surface area contributed by atoms with Crippen molar-refractivity contribution in [3.8, 4) is 16.5 Å². The first-order valence-electron chi connectivity index (χ1n) is 9.38. The zero-order valence-corrected chi connectivity index (χ0v) is 16.0. The van der Waals surface area contributed by atoms with Crippen LogP contribution < -0.4 is 10.1 Å². The van der Waals surface area contributed by atoms with Gasteiger partial charge in [-0.05, 0) is 55.8 Å². The summed E-state index contributed by atoms with van der Waals surface area (Å²) in [5.74, 6) is 1.11. The fourth-order valence-corrected chi connectivity index (χ4v) is 4.27. The fourth-order valence-electron chi connectivity index (χ4n) is 3.56. The molecule has 1 aliphatic carbocycles. The lowest BCUT2D eigenvalue weighted by Gasteiger charge is -2.12. The predicted molar refractivity (Wildman–Crippen MR) is 103 cm³/mol. The molecule has 5 rings (SSSR count). The van der Waals surface area contributed by atoms with Crippen LogP contribution in [0.15, 0.2) is 18.5 Å². The second-order valence-electron chi connectivity index (χ2n) is 7.41. The van der Waals surface area contributed by atoms with Gasteiger partial charge < -0.3 is 14.6 Å². The first-order valence-corrected chi connectivity index (χ1v) is 10.2. The number of carbonyl (C=O) groups excluding carboxylic acids is 1. The number of imidazole rings is 1. The lowest BCUT2D eigenvalue weighted by atomic mass is 10.1. The maximum atomic E-state index is 11.4. The van der Waals surface area contributed by atoms with Gasteiger partial charge in [0, 0.05) is 19.0 Å². The molecule has 0 spiro atoms. The average molecular weight is 383 g/mol. The molecular weight excluding hydrogens is 362 g/mol. The van der Waals surface area contributed by atoms with Crippen LogP contribution in [0.1, 0.15) is 37.4 Å². The Morgan fingerprint density at radius 3 is 2.96 bits per heavy atom. The Morgan fingerprint density at radius 2 is 2.26 bits per heavy atom. The Bertz CT molecular complexity index is 1010. The monoisotopic (exact) mass is 383 g/mol. The quantitative estimate of drug-likeness (QED) is 0.707. The summed E-state index contributed by atoms with van der Waals surface area (Å²) in [4.78, 5) is 21.8. The number of nitrogens with zero attached hydrogens (tertiary/aromatic N) is 4. The van der Waals surface area contributed by atoms with Crippen molar-refractivity contribution in [1.29, 1.82) is 0 Å². The predicted octanol–water partition coefficient (Wildman–Crippen LogP) is 3.10. The summed E-state index contributed by atoms with van der Waals surface area (Å²) in [6.07, 6.45) is 5.68. The van der Waals surface area contributed by atoms with Crippen LogP contribution in [-0.4, -0.2) is 38.0 Å². The van der Waals surface area contributed by atoms with Gasteiger partial charge in [-0.1, -0.05) is 0 Å². The van der Waals surface area contributed by atoms with Crippen molar-refractivity contribution in [3.63, 3.8) is 0 Å². The van der Waals surface area contributed by atoms with E-state index >= 15 is 0 Å². The highest BCUT2D eigenvalue weighted by Crippen LogP contribution is 2.40. The molecule has 140 valence electrons. The smallest absolute Gasteiger partial charge is 0.240 e. The largest absolute Gasteiger partial charge is 0.476 e. The minimum Gasteiger partial charge on any atom is -0.476 e. The normalized spacial score (nSPS) is 19.6. The molecule has 2 aliphatic rings. The van der Waals surface area contributed by atoms with Crippen LogP contribution >= 0.6 is 11.5 Å². The molecule has 0 radical (unpaired) electrons. The van der Waals surface area contributed by atoms with Crippen molar-refractivity contribution in [3.05, 3.63) is 24.2 Å². The van der Waals surface area contributed by atoms with E-state index in [4.69, 9.17) is 9.72 Å². The summed E-state index contributed by atoms with van der Waals surface area (Å²) in [5.41, 5.74) is 3.72. The number of fused-ring (bicyclic) bond motifs is 1. The van der Waals surface area contributed by atoms with E-state index < -0.39 is 0 Å². The van der Waals surface area contributed by atoms with Gasteiger partial charge in [-0.15, -0.1) is 0 Å². The first kappa shape index (κ1) is 16.7. The van der Waals surface area contributed by atoms with Crippen LogP contribution in [0.25, 0.3) is 21.6 Å². The van der Waals surface area contributed by atoms with Crippen molar-refractivity contribution in [2.75, 3.05) is 13.2 Å². The van der Waals surface area contributed by atoms with Gasteiger partial charge in [0.2, 0.25) is 11.8 Å². The van der Waals surface area contributed by atoms with E-state index in [0.717, 1.165) is 40.3 Å². The average Bonchev–Trinajstić information content (AvgIpc) is 3.05. The Labute approximate surface area is 160 Å². The maximum Gasteiger partial charge on any atom is 0.240 e. The highest BCUT2D eigenvalue weighted by molar-refractivity contribution is 7.09. The molecule has 1 amide bonds. The molecule has 3 aromatic heterocycles. The van der Waals surface area contributed by atoms with Crippen molar-refractivity contribution >= 4 is 28.5 Å². The second-order valence-corrected chi connectivity index (χ2v) is 8.21. The van der Waals surface area contributed by atoms with Gasteiger partial charge in [0.25, 0.3) is 0 Å². The van der Waals surface area contributed by atoms with Gasteiger partial charge in [-0.25, -0.2) is 9.97 Å². The lowest BCUT2D eigenvalue weighted by molar-refractivity contribution is -0.119. The number of hydrogen-bond donors (Lipinski definition) is 1. The number of aromatic nitrogens is 4. The Kier molecular flexibility index (Phi) is 4.07. The number of amides is 1. The van der Waals surface area contributed by atoms with Crippen molar-refractivity contribution in [1.82, 2.24) is 24.2 Å². The zero-order valence-electron chi connectivity index (χ0n) is 15.1. The Morgan fingerprint density at radius 1 is 1.37 bits per heavy atom. The van der Waals surface area contributed by atoms with Crippen LogP contribution in [0.4, 0.5) is 0 Å². The van der Waals surface area contributed by atoms with E-state index in [0.29, 0.717) is 30.9 Å².